The van der Waals surface area contributed by atoms with Gasteiger partial charge in [0, 0.05) is 23.9 Å². The normalized spacial score (nSPS) is 10.9. The van der Waals surface area contributed by atoms with E-state index in [1.54, 1.807) is 0 Å². The molecule has 21 heteroatoms. The van der Waals surface area contributed by atoms with Crippen LogP contribution in [0.5, 0.6) is 0 Å². The zero-order valence-electron chi connectivity index (χ0n) is 12.5. The van der Waals surface area contributed by atoms with E-state index in [1.807, 2.05) is 0 Å². The first-order valence-corrected chi connectivity index (χ1v) is 4.98. The third kappa shape index (κ3) is 30.8. The topological polar surface area (TPSA) is 149 Å². The molecule has 0 aromatic heterocycles. The van der Waals surface area contributed by atoms with Gasteiger partial charge in [0.15, 0.2) is 0 Å². The zero-order chi connectivity index (χ0) is 24.3. The third-order valence-corrected chi connectivity index (χ3v) is 0.970. The number of halogens is 12. The van der Waals surface area contributed by atoms with E-state index in [4.69, 9.17) is 39.6 Å². The van der Waals surface area contributed by atoms with Crippen LogP contribution in [0.1, 0.15) is 0 Å². The Hall–Kier alpha value is -2.16. The molecular weight excluding hydrogens is 571 g/mol. The fourth-order valence-corrected chi connectivity index (χ4v) is 0. The summed E-state index contributed by atoms with van der Waals surface area (Å²) < 4.78 is 127. The monoisotopic (exact) mass is 576 g/mol. The van der Waals surface area contributed by atoms with Crippen molar-refractivity contribution in [1.82, 2.24) is 0 Å². The van der Waals surface area contributed by atoms with E-state index in [2.05, 4.69) is 0 Å². The number of hydrogen-bond acceptors (Lipinski definition) is 4. The molecule has 0 unspecified atom stereocenters. The maximum Gasteiger partial charge on any atom is 0.490 e. The van der Waals surface area contributed by atoms with Crippen LogP contribution in [0.3, 0.4) is 0 Å². The molecular formula is C8H4F12O8Sn. The Kier molecular flexibility index (Phi) is 18.0. The van der Waals surface area contributed by atoms with Gasteiger partial charge in [-0.05, 0) is 0 Å². The summed E-state index contributed by atoms with van der Waals surface area (Å²) in [4.78, 5) is 35.6. The smallest absolute Gasteiger partial charge is 0.475 e. The number of aliphatic carboxylic acids is 4. The Balaban J connectivity index is -0.0000000873. The number of carboxylic acid groups (broad SMARTS) is 4. The van der Waals surface area contributed by atoms with Crippen LogP contribution in [0.25, 0.3) is 0 Å². The van der Waals surface area contributed by atoms with Gasteiger partial charge < -0.3 is 20.4 Å². The molecule has 4 radical (unpaired) electrons. The molecule has 29 heavy (non-hydrogen) atoms. The second-order valence-electron chi connectivity index (χ2n) is 3.21. The molecule has 0 aliphatic heterocycles. The van der Waals surface area contributed by atoms with Crippen LogP contribution in [0, 0.1) is 0 Å². The SMILES string of the molecule is O=C(O)C(F)(F)F.O=C(O)C(F)(F)F.O=C(O)C(F)(F)F.O=C(O)C(F)(F)F.[Sn]. The van der Waals surface area contributed by atoms with Crippen molar-refractivity contribution in [2.45, 2.75) is 24.7 Å². The van der Waals surface area contributed by atoms with Crippen LogP contribution in [0.2, 0.25) is 0 Å². The summed E-state index contributed by atoms with van der Waals surface area (Å²) in [6.45, 7) is 0. The van der Waals surface area contributed by atoms with Gasteiger partial charge in [-0.25, -0.2) is 19.2 Å². The van der Waals surface area contributed by atoms with Crippen molar-refractivity contribution in [2.24, 2.45) is 0 Å². The van der Waals surface area contributed by atoms with E-state index >= 15 is 0 Å². The molecule has 0 aliphatic rings. The van der Waals surface area contributed by atoms with Crippen LogP contribution < -0.4 is 0 Å². The molecule has 0 amide bonds. The maximum absolute atomic E-state index is 10.6. The van der Waals surface area contributed by atoms with E-state index in [9.17, 15) is 52.7 Å². The van der Waals surface area contributed by atoms with Gasteiger partial charge in [-0.2, -0.15) is 52.7 Å². The van der Waals surface area contributed by atoms with Crippen molar-refractivity contribution in [1.29, 1.82) is 0 Å². The molecule has 4 N–H and O–H groups in total. The molecule has 172 valence electrons. The Morgan fingerprint density at radius 2 is 0.414 bits per heavy atom. The molecule has 0 fully saturated rings. The molecule has 0 aromatic carbocycles. The second-order valence-corrected chi connectivity index (χ2v) is 3.21. The number of carboxylic acids is 4. The molecule has 0 saturated heterocycles. The molecule has 0 bridgehead atoms. The van der Waals surface area contributed by atoms with E-state index in [1.165, 1.54) is 0 Å². The molecule has 0 rings (SSSR count). The summed E-state index contributed by atoms with van der Waals surface area (Å²) in [5.74, 6) is -11.0. The van der Waals surface area contributed by atoms with Crippen molar-refractivity contribution in [2.75, 3.05) is 0 Å². The standard InChI is InChI=1S/4C2HF3O2.Sn/c4*3-2(4,5)1(6)7;/h4*(H,6,7);. The second kappa shape index (κ2) is 13.9. The zero-order valence-corrected chi connectivity index (χ0v) is 15.3. The molecule has 0 heterocycles. The van der Waals surface area contributed by atoms with Crippen molar-refractivity contribution in [3.8, 4) is 0 Å². The first kappa shape index (κ1) is 37.6. The van der Waals surface area contributed by atoms with Crippen molar-refractivity contribution in [3.05, 3.63) is 0 Å². The van der Waals surface area contributed by atoms with Crippen LogP contribution >= 0.6 is 0 Å². The minimum atomic E-state index is -5.08. The van der Waals surface area contributed by atoms with E-state index < -0.39 is 48.6 Å². The van der Waals surface area contributed by atoms with Gasteiger partial charge in [0.1, 0.15) is 0 Å². The summed E-state index contributed by atoms with van der Waals surface area (Å²) in [6, 6.07) is 0. The van der Waals surface area contributed by atoms with Crippen molar-refractivity contribution in [3.63, 3.8) is 0 Å². The Morgan fingerprint density at radius 3 is 0.414 bits per heavy atom. The molecule has 0 atom stereocenters. The van der Waals surface area contributed by atoms with Crippen molar-refractivity contribution < 1.29 is 92.3 Å². The van der Waals surface area contributed by atoms with Gasteiger partial charge in [0.2, 0.25) is 0 Å². The summed E-state index contributed by atoms with van der Waals surface area (Å²) in [5.41, 5.74) is 0. The summed E-state index contributed by atoms with van der Waals surface area (Å²) in [5, 5.41) is 28.5. The Morgan fingerprint density at radius 1 is 0.379 bits per heavy atom. The van der Waals surface area contributed by atoms with E-state index in [0.717, 1.165) is 0 Å². The van der Waals surface area contributed by atoms with E-state index in [0.29, 0.717) is 0 Å². The van der Waals surface area contributed by atoms with Gasteiger partial charge in [0.05, 0.1) is 0 Å². The summed E-state index contributed by atoms with van der Waals surface area (Å²) in [7, 11) is 0. The minimum Gasteiger partial charge on any atom is -0.475 e. The van der Waals surface area contributed by atoms with Crippen LogP contribution in [0.4, 0.5) is 52.7 Å². The van der Waals surface area contributed by atoms with Crippen LogP contribution in [0.15, 0.2) is 0 Å². The van der Waals surface area contributed by atoms with Gasteiger partial charge in [-0.3, -0.25) is 0 Å². The fourth-order valence-electron chi connectivity index (χ4n) is 0. The minimum absolute atomic E-state index is 0. The van der Waals surface area contributed by atoms with Crippen LogP contribution in [-0.2, 0) is 19.2 Å². The predicted octanol–water partition coefficient (Wildman–Crippen LogP) is 2.15. The number of rotatable bonds is 0. The van der Waals surface area contributed by atoms with Gasteiger partial charge in [-0.1, -0.05) is 0 Å². The van der Waals surface area contributed by atoms with Crippen molar-refractivity contribution >= 4 is 47.8 Å². The predicted molar refractivity (Wildman–Crippen MR) is 60.5 cm³/mol. The number of carbonyl (C=O) groups is 4. The van der Waals surface area contributed by atoms with Gasteiger partial charge in [0.25, 0.3) is 0 Å². The van der Waals surface area contributed by atoms with Crippen LogP contribution in [-0.4, -0.2) is 92.9 Å². The van der Waals surface area contributed by atoms with Gasteiger partial charge in [-0.15, -0.1) is 0 Å². The summed E-state index contributed by atoms with van der Waals surface area (Å²) >= 11 is 0. The quantitative estimate of drug-likeness (QED) is 0.254. The van der Waals surface area contributed by atoms with E-state index in [-0.39, 0.29) is 23.9 Å². The number of hydrogen-bond donors (Lipinski definition) is 4. The molecule has 0 spiro atoms. The first-order chi connectivity index (χ1) is 11.8. The van der Waals surface area contributed by atoms with Gasteiger partial charge >= 0.3 is 48.6 Å². The average molecular weight is 575 g/mol. The molecule has 0 saturated carbocycles. The Bertz CT molecular complexity index is 436. The first-order valence-electron chi connectivity index (χ1n) is 4.98. The molecule has 0 aromatic rings. The molecule has 0 aliphatic carbocycles. The molecule has 8 nitrogen and oxygen atoms in total. The summed E-state index contributed by atoms with van der Waals surface area (Å²) in [6.07, 6.45) is -20.3. The average Bonchev–Trinajstić information content (AvgIpc) is 2.35. The fraction of sp³-hybridized carbons (Fsp3) is 0.500. The number of alkyl halides is 12. The third-order valence-electron chi connectivity index (χ3n) is 0.970. The largest absolute Gasteiger partial charge is 0.490 e. The maximum atomic E-state index is 10.6. The Labute approximate surface area is 165 Å².